The Labute approximate surface area is 123 Å². The van der Waals surface area contributed by atoms with E-state index in [1.165, 1.54) is 0 Å². The van der Waals surface area contributed by atoms with Crippen LogP contribution in [0.25, 0.3) is 0 Å². The Morgan fingerprint density at radius 1 is 1.47 bits per heavy atom. The minimum atomic E-state index is -0.0607. The van der Waals surface area contributed by atoms with Crippen LogP contribution in [0.15, 0.2) is 27.1 Å². The second-order valence-electron chi connectivity index (χ2n) is 3.57. The molecule has 0 aliphatic rings. The third-order valence-corrected chi connectivity index (χ3v) is 3.59. The largest absolute Gasteiger partial charge is 0.393 e. The van der Waals surface area contributed by atoms with E-state index in [1.807, 2.05) is 12.1 Å². The fraction of sp³-hybridized carbons (Fsp3) is 0.273. The molecule has 1 aromatic carbocycles. The molecule has 1 aromatic rings. The summed E-state index contributed by atoms with van der Waals surface area (Å²) in [7, 11) is 1.73. The Bertz CT molecular complexity index is 451. The van der Waals surface area contributed by atoms with Crippen LogP contribution >= 0.6 is 44.1 Å². The molecule has 0 aliphatic carbocycles. The van der Waals surface area contributed by atoms with Crippen LogP contribution in [0.5, 0.6) is 0 Å². The summed E-state index contributed by atoms with van der Waals surface area (Å²) in [5.41, 5.74) is 6.03. The van der Waals surface area contributed by atoms with E-state index in [2.05, 4.69) is 31.9 Å². The first kappa shape index (κ1) is 14.6. The summed E-state index contributed by atoms with van der Waals surface area (Å²) in [5, 5.41) is 0. The Hall–Kier alpha value is -0.460. The molecule has 0 bridgehead atoms. The molecule has 0 fully saturated rings. The van der Waals surface area contributed by atoms with Gasteiger partial charge in [0.1, 0.15) is 0 Å². The van der Waals surface area contributed by atoms with Gasteiger partial charge in [-0.25, -0.2) is 0 Å². The molecule has 0 atom stereocenters. The molecule has 0 aromatic heterocycles. The molecule has 0 saturated heterocycles. The molecule has 17 heavy (non-hydrogen) atoms. The molecule has 0 unspecified atom stereocenters. The van der Waals surface area contributed by atoms with E-state index in [1.54, 1.807) is 18.0 Å². The molecule has 1 rings (SSSR count). The van der Waals surface area contributed by atoms with Gasteiger partial charge in [-0.1, -0.05) is 28.1 Å². The van der Waals surface area contributed by atoms with Gasteiger partial charge in [0.15, 0.2) is 0 Å². The lowest BCUT2D eigenvalue weighted by molar-refractivity contribution is 0.0798. The van der Waals surface area contributed by atoms with Crippen LogP contribution in [-0.4, -0.2) is 29.4 Å². The number of hydrogen-bond acceptors (Lipinski definition) is 2. The Balaban J connectivity index is 2.81. The van der Waals surface area contributed by atoms with Crippen LogP contribution in [0, 0.1) is 0 Å². The zero-order valence-corrected chi connectivity index (χ0v) is 13.2. The highest BCUT2D eigenvalue weighted by Crippen LogP contribution is 2.22. The zero-order chi connectivity index (χ0) is 13.0. The SMILES string of the molecule is CN(CCC(N)=S)C(=O)c1cc(Br)ccc1Br. The number of thiocarbonyl (C=S) groups is 1. The molecule has 92 valence electrons. The molecular weight excluding hydrogens is 368 g/mol. The highest BCUT2D eigenvalue weighted by Gasteiger charge is 2.15. The van der Waals surface area contributed by atoms with Crippen molar-refractivity contribution in [3.63, 3.8) is 0 Å². The van der Waals surface area contributed by atoms with Crippen molar-refractivity contribution in [2.75, 3.05) is 13.6 Å². The first-order valence-corrected chi connectivity index (χ1v) is 6.90. The Kier molecular flexibility index (Phi) is 5.55. The molecule has 0 radical (unpaired) electrons. The van der Waals surface area contributed by atoms with Crippen molar-refractivity contribution in [1.29, 1.82) is 0 Å². The first-order valence-electron chi connectivity index (χ1n) is 4.90. The van der Waals surface area contributed by atoms with Gasteiger partial charge in [-0.2, -0.15) is 0 Å². The lowest BCUT2D eigenvalue weighted by Gasteiger charge is -2.17. The standard InChI is InChI=1S/C11H12Br2N2OS/c1-15(5-4-10(14)17)11(16)8-6-7(12)2-3-9(8)13/h2-3,6H,4-5H2,1H3,(H2,14,17). The molecule has 6 heteroatoms. The van der Waals surface area contributed by atoms with Gasteiger partial charge >= 0.3 is 0 Å². The van der Waals surface area contributed by atoms with Crippen LogP contribution in [-0.2, 0) is 0 Å². The normalized spacial score (nSPS) is 10.1. The van der Waals surface area contributed by atoms with Gasteiger partial charge in [0, 0.05) is 29.0 Å². The van der Waals surface area contributed by atoms with Gasteiger partial charge in [-0.3, -0.25) is 4.79 Å². The van der Waals surface area contributed by atoms with E-state index in [0.29, 0.717) is 23.5 Å². The van der Waals surface area contributed by atoms with E-state index < -0.39 is 0 Å². The maximum Gasteiger partial charge on any atom is 0.254 e. The summed E-state index contributed by atoms with van der Waals surface area (Å²) < 4.78 is 1.64. The summed E-state index contributed by atoms with van der Waals surface area (Å²) in [5.74, 6) is -0.0607. The number of amides is 1. The minimum Gasteiger partial charge on any atom is -0.393 e. The molecule has 0 aliphatic heterocycles. The third-order valence-electron chi connectivity index (χ3n) is 2.20. The second kappa shape index (κ2) is 6.47. The summed E-state index contributed by atoms with van der Waals surface area (Å²) in [6, 6.07) is 5.48. The van der Waals surface area contributed by atoms with Crippen molar-refractivity contribution in [3.8, 4) is 0 Å². The van der Waals surface area contributed by atoms with Crippen LogP contribution in [0.4, 0.5) is 0 Å². The zero-order valence-electron chi connectivity index (χ0n) is 9.24. The highest BCUT2D eigenvalue weighted by atomic mass is 79.9. The van der Waals surface area contributed by atoms with Crippen LogP contribution in [0.2, 0.25) is 0 Å². The molecule has 2 N–H and O–H groups in total. The smallest absolute Gasteiger partial charge is 0.254 e. The average molecular weight is 380 g/mol. The lowest BCUT2D eigenvalue weighted by atomic mass is 10.2. The predicted molar refractivity (Wildman–Crippen MR) is 80.2 cm³/mol. The monoisotopic (exact) mass is 378 g/mol. The number of nitrogens with zero attached hydrogens (tertiary/aromatic N) is 1. The van der Waals surface area contributed by atoms with Crippen LogP contribution < -0.4 is 5.73 Å². The number of hydrogen-bond donors (Lipinski definition) is 1. The Morgan fingerprint density at radius 2 is 2.12 bits per heavy atom. The summed E-state index contributed by atoms with van der Waals surface area (Å²) in [6.07, 6.45) is 0.531. The van der Waals surface area contributed by atoms with E-state index in [4.69, 9.17) is 18.0 Å². The van der Waals surface area contributed by atoms with Gasteiger partial charge in [-0.05, 0) is 34.1 Å². The van der Waals surface area contributed by atoms with Gasteiger partial charge in [-0.15, -0.1) is 0 Å². The minimum absolute atomic E-state index is 0.0607. The van der Waals surface area contributed by atoms with Crippen molar-refractivity contribution in [2.45, 2.75) is 6.42 Å². The van der Waals surface area contributed by atoms with Gasteiger partial charge in [0.2, 0.25) is 0 Å². The highest BCUT2D eigenvalue weighted by molar-refractivity contribution is 9.11. The van der Waals surface area contributed by atoms with Crippen molar-refractivity contribution in [3.05, 3.63) is 32.7 Å². The van der Waals surface area contributed by atoms with Crippen molar-refractivity contribution >= 4 is 55.0 Å². The summed E-state index contributed by atoms with van der Waals surface area (Å²) in [6.45, 7) is 0.521. The molecular formula is C11H12Br2N2OS. The van der Waals surface area contributed by atoms with Crippen molar-refractivity contribution in [1.82, 2.24) is 4.90 Å². The number of nitrogens with two attached hydrogens (primary N) is 1. The van der Waals surface area contributed by atoms with Crippen molar-refractivity contribution in [2.24, 2.45) is 5.73 Å². The van der Waals surface area contributed by atoms with E-state index in [-0.39, 0.29) is 5.91 Å². The van der Waals surface area contributed by atoms with Crippen molar-refractivity contribution < 1.29 is 4.79 Å². The van der Waals surface area contributed by atoms with E-state index in [9.17, 15) is 4.79 Å². The number of rotatable bonds is 4. The quantitative estimate of drug-likeness (QED) is 0.818. The van der Waals surface area contributed by atoms with E-state index >= 15 is 0 Å². The van der Waals surface area contributed by atoms with Gasteiger partial charge in [0.05, 0.1) is 10.6 Å². The number of benzene rings is 1. The number of carbonyl (C=O) groups is 1. The molecule has 3 nitrogen and oxygen atoms in total. The molecule has 0 spiro atoms. The maximum atomic E-state index is 12.1. The molecule has 0 saturated carbocycles. The maximum absolute atomic E-state index is 12.1. The van der Waals surface area contributed by atoms with Gasteiger partial charge in [0.25, 0.3) is 5.91 Å². The van der Waals surface area contributed by atoms with Gasteiger partial charge < -0.3 is 10.6 Å². The third kappa shape index (κ3) is 4.37. The van der Waals surface area contributed by atoms with E-state index in [0.717, 1.165) is 8.95 Å². The lowest BCUT2D eigenvalue weighted by Crippen LogP contribution is -2.30. The fourth-order valence-electron chi connectivity index (χ4n) is 1.25. The molecule has 0 heterocycles. The Morgan fingerprint density at radius 3 is 2.71 bits per heavy atom. The number of carbonyl (C=O) groups excluding carboxylic acids is 1. The summed E-state index contributed by atoms with van der Waals surface area (Å²) in [4.78, 5) is 14.1. The van der Waals surface area contributed by atoms with Crippen LogP contribution in [0.3, 0.4) is 0 Å². The number of halogens is 2. The first-order chi connectivity index (χ1) is 7.91. The molecule has 1 amide bonds. The topological polar surface area (TPSA) is 46.3 Å². The average Bonchev–Trinajstić information content (AvgIpc) is 2.28. The second-order valence-corrected chi connectivity index (χ2v) is 5.86. The summed E-state index contributed by atoms with van der Waals surface area (Å²) >= 11 is 11.5. The fourth-order valence-corrected chi connectivity index (χ4v) is 2.12. The van der Waals surface area contributed by atoms with Crippen LogP contribution in [0.1, 0.15) is 16.8 Å². The predicted octanol–water partition coefficient (Wildman–Crippen LogP) is 2.96.